The lowest BCUT2D eigenvalue weighted by Gasteiger charge is -2.39. The van der Waals surface area contributed by atoms with Gasteiger partial charge >= 0.3 is 0 Å². The third-order valence-corrected chi connectivity index (χ3v) is 8.20. The van der Waals surface area contributed by atoms with Crippen molar-refractivity contribution in [3.05, 3.63) is 50.6 Å². The van der Waals surface area contributed by atoms with E-state index in [1.54, 1.807) is 19.2 Å². The van der Waals surface area contributed by atoms with Crippen molar-refractivity contribution in [2.75, 3.05) is 46.9 Å². The van der Waals surface area contributed by atoms with Crippen LogP contribution in [0, 0.1) is 0 Å². The first-order chi connectivity index (χ1) is 17.4. The van der Waals surface area contributed by atoms with Gasteiger partial charge in [0.15, 0.2) is 5.01 Å². The number of carbonyl (C=O) groups excluding carboxylic acids is 2. The number of nitrogens with zero attached hydrogens (tertiary/aromatic N) is 3. The lowest BCUT2D eigenvalue weighted by molar-refractivity contribution is 0.0763. The number of aromatic nitrogens is 2. The molecule has 2 aromatic heterocycles. The summed E-state index contributed by atoms with van der Waals surface area (Å²) in [5, 5.41) is 8.31. The number of ether oxygens (including phenoxy) is 1. The molecule has 1 fully saturated rings. The molecule has 1 saturated heterocycles. The van der Waals surface area contributed by atoms with E-state index < -0.39 is 0 Å². The van der Waals surface area contributed by atoms with Crippen LogP contribution in [0.1, 0.15) is 37.3 Å². The fraction of sp³-hybridized carbons (Fsp3) is 0.480. The van der Waals surface area contributed by atoms with Gasteiger partial charge in [0.2, 0.25) is 0 Å². The first-order valence-electron chi connectivity index (χ1n) is 12.2. The van der Waals surface area contributed by atoms with Gasteiger partial charge in [0.05, 0.1) is 24.4 Å². The summed E-state index contributed by atoms with van der Waals surface area (Å²) < 4.78 is 5.25. The van der Waals surface area contributed by atoms with E-state index in [2.05, 4.69) is 37.4 Å². The second kappa shape index (κ2) is 13.4. The topological polar surface area (TPSA) is 103 Å². The van der Waals surface area contributed by atoms with E-state index in [0.29, 0.717) is 35.3 Å². The van der Waals surface area contributed by atoms with E-state index in [4.69, 9.17) is 16.3 Å². The van der Waals surface area contributed by atoms with Crippen LogP contribution >= 0.6 is 47.8 Å². The predicted molar refractivity (Wildman–Crippen MR) is 155 cm³/mol. The standard InChI is InChI=1S/C25H31ClN6O3S.2ClH/c1-31-7-5-19-22(14-31)36-25(30-19)24(34)29-21-13-32(9-10-35-2)8-6-18(21)28-23(33)20-12-15-11-16(26)3-4-17(15)27-20;;/h3-4,11-12,18,21,27H,5-10,13-14H2,1-2H3,(H,28,33)(H,29,34);2*1H/t18-,21+;;/m0../s1. The maximum Gasteiger partial charge on any atom is 0.280 e. The number of amides is 2. The van der Waals surface area contributed by atoms with Crippen LogP contribution in [-0.4, -0.2) is 90.6 Å². The molecule has 0 saturated carbocycles. The third-order valence-electron chi connectivity index (χ3n) is 6.89. The Hall–Kier alpha value is -1.92. The van der Waals surface area contributed by atoms with Crippen LogP contribution in [0.4, 0.5) is 0 Å². The molecule has 0 bridgehead atoms. The molecule has 3 aromatic rings. The van der Waals surface area contributed by atoms with Crippen LogP contribution in [0.15, 0.2) is 24.3 Å². The number of aromatic amines is 1. The van der Waals surface area contributed by atoms with Gasteiger partial charge in [0, 0.05) is 67.1 Å². The molecule has 0 unspecified atom stereocenters. The number of fused-ring (bicyclic) bond motifs is 2. The number of hydrogen-bond donors (Lipinski definition) is 3. The number of thiazole rings is 1. The fourth-order valence-corrected chi connectivity index (χ4v) is 6.16. The number of likely N-dealkylation sites (tertiary alicyclic amines) is 1. The Morgan fingerprint density at radius 2 is 1.97 bits per heavy atom. The van der Waals surface area contributed by atoms with Gasteiger partial charge in [-0.25, -0.2) is 4.98 Å². The predicted octanol–water partition coefficient (Wildman–Crippen LogP) is 3.36. The summed E-state index contributed by atoms with van der Waals surface area (Å²) in [6, 6.07) is 6.81. The quantitative estimate of drug-likeness (QED) is 0.383. The number of nitrogens with one attached hydrogen (secondary N) is 3. The number of halogens is 3. The first kappa shape index (κ1) is 30.6. The molecule has 1 aromatic carbocycles. The lowest BCUT2D eigenvalue weighted by Crippen LogP contribution is -2.60. The van der Waals surface area contributed by atoms with E-state index >= 15 is 0 Å². The number of rotatable bonds is 7. The summed E-state index contributed by atoms with van der Waals surface area (Å²) >= 11 is 7.56. The zero-order valence-corrected chi connectivity index (χ0v) is 24.5. The first-order valence-corrected chi connectivity index (χ1v) is 13.4. The highest BCUT2D eigenvalue weighted by Gasteiger charge is 2.33. The Morgan fingerprint density at radius 1 is 1.18 bits per heavy atom. The zero-order chi connectivity index (χ0) is 25.2. The van der Waals surface area contributed by atoms with Crippen LogP contribution in [0.3, 0.4) is 0 Å². The molecule has 2 aliphatic rings. The molecule has 13 heteroatoms. The van der Waals surface area contributed by atoms with Gasteiger partial charge in [-0.1, -0.05) is 11.6 Å². The molecule has 2 amide bonds. The van der Waals surface area contributed by atoms with Crippen molar-refractivity contribution < 1.29 is 14.3 Å². The van der Waals surface area contributed by atoms with Gasteiger partial charge in [-0.05, 0) is 37.7 Å². The van der Waals surface area contributed by atoms with Crippen LogP contribution in [-0.2, 0) is 17.7 Å². The van der Waals surface area contributed by atoms with Crippen molar-refractivity contribution in [3.8, 4) is 0 Å². The molecule has 4 heterocycles. The number of benzene rings is 1. The maximum atomic E-state index is 13.2. The van der Waals surface area contributed by atoms with Gasteiger partial charge in [-0.2, -0.15) is 0 Å². The van der Waals surface area contributed by atoms with E-state index in [0.717, 1.165) is 54.1 Å². The van der Waals surface area contributed by atoms with Crippen molar-refractivity contribution in [2.45, 2.75) is 31.5 Å². The third kappa shape index (κ3) is 6.98. The lowest BCUT2D eigenvalue weighted by atomic mass is 9.98. The molecule has 0 radical (unpaired) electrons. The van der Waals surface area contributed by atoms with Gasteiger partial charge in [0.1, 0.15) is 5.69 Å². The highest BCUT2D eigenvalue weighted by atomic mass is 35.5. The van der Waals surface area contributed by atoms with Crippen molar-refractivity contribution in [1.29, 1.82) is 0 Å². The summed E-state index contributed by atoms with van der Waals surface area (Å²) in [6.45, 7) is 4.58. The number of H-pyrrole nitrogens is 1. The monoisotopic (exact) mass is 602 g/mol. The highest BCUT2D eigenvalue weighted by Crippen LogP contribution is 2.25. The molecule has 2 aliphatic heterocycles. The number of likely N-dealkylation sites (N-methyl/N-ethyl adjacent to an activating group) is 1. The Labute approximate surface area is 243 Å². The normalized spacial score (nSPS) is 19.8. The molecular formula is C25H33Cl3N6O3S. The molecule has 9 nitrogen and oxygen atoms in total. The maximum absolute atomic E-state index is 13.2. The van der Waals surface area contributed by atoms with Crippen molar-refractivity contribution in [3.63, 3.8) is 0 Å². The van der Waals surface area contributed by atoms with Gasteiger partial charge in [-0.3, -0.25) is 14.5 Å². The molecule has 3 N–H and O–H groups in total. The zero-order valence-electron chi connectivity index (χ0n) is 21.3. The Balaban J connectivity index is 0.00000200. The van der Waals surface area contributed by atoms with Crippen LogP contribution in [0.5, 0.6) is 0 Å². The Kier molecular flexibility index (Phi) is 10.8. The number of hydrogen-bond acceptors (Lipinski definition) is 7. The van der Waals surface area contributed by atoms with Gasteiger partial charge in [0.25, 0.3) is 11.8 Å². The van der Waals surface area contributed by atoms with Crippen LogP contribution < -0.4 is 10.6 Å². The van der Waals surface area contributed by atoms with Gasteiger partial charge in [-0.15, -0.1) is 36.2 Å². The number of piperidine rings is 1. The minimum atomic E-state index is -0.255. The second-order valence-electron chi connectivity index (χ2n) is 9.53. The summed E-state index contributed by atoms with van der Waals surface area (Å²) in [6.07, 6.45) is 1.57. The van der Waals surface area contributed by atoms with E-state index in [1.807, 2.05) is 12.1 Å². The van der Waals surface area contributed by atoms with Crippen molar-refractivity contribution in [1.82, 2.24) is 30.4 Å². The Bertz CT molecular complexity index is 1270. The molecular weight excluding hydrogens is 571 g/mol. The molecule has 5 rings (SSSR count). The van der Waals surface area contributed by atoms with Gasteiger partial charge < -0.3 is 25.3 Å². The molecule has 38 heavy (non-hydrogen) atoms. The van der Waals surface area contributed by atoms with E-state index in [9.17, 15) is 9.59 Å². The summed E-state index contributed by atoms with van der Waals surface area (Å²) in [4.78, 5) is 39.8. The highest BCUT2D eigenvalue weighted by molar-refractivity contribution is 7.13. The summed E-state index contributed by atoms with van der Waals surface area (Å²) in [7, 11) is 3.76. The average Bonchev–Trinajstić information content (AvgIpc) is 3.47. The smallest absolute Gasteiger partial charge is 0.280 e. The average molecular weight is 604 g/mol. The fourth-order valence-electron chi connectivity index (χ4n) is 4.88. The molecule has 2 atom stereocenters. The number of methoxy groups -OCH3 is 1. The van der Waals surface area contributed by atoms with Crippen molar-refractivity contribution in [2.24, 2.45) is 0 Å². The Morgan fingerprint density at radius 3 is 2.76 bits per heavy atom. The molecule has 0 aliphatic carbocycles. The van der Waals surface area contributed by atoms with Crippen LogP contribution in [0.25, 0.3) is 10.9 Å². The largest absolute Gasteiger partial charge is 0.383 e. The minimum Gasteiger partial charge on any atom is -0.383 e. The van der Waals surface area contributed by atoms with E-state index in [-0.39, 0.29) is 48.7 Å². The number of carbonyl (C=O) groups is 2. The van der Waals surface area contributed by atoms with Crippen LogP contribution in [0.2, 0.25) is 5.02 Å². The van der Waals surface area contributed by atoms with E-state index in [1.165, 1.54) is 11.3 Å². The summed E-state index contributed by atoms with van der Waals surface area (Å²) in [5.74, 6) is -0.389. The summed E-state index contributed by atoms with van der Waals surface area (Å²) in [5.41, 5.74) is 2.34. The minimum absolute atomic E-state index is 0. The second-order valence-corrected chi connectivity index (χ2v) is 11.1. The SMILES string of the molecule is COCCN1CC[C@H](NC(=O)c2cc3cc(Cl)ccc3[nH]2)[C@H](NC(=O)c2nc3c(s2)CN(C)CC3)C1.Cl.Cl. The molecule has 208 valence electrons. The molecule has 0 spiro atoms. The van der Waals surface area contributed by atoms with Crippen molar-refractivity contribution >= 4 is 70.5 Å².